The van der Waals surface area contributed by atoms with Crippen molar-refractivity contribution in [3.05, 3.63) is 68.4 Å². The largest absolute Gasteiger partial charge is 0.350 e. The van der Waals surface area contributed by atoms with E-state index in [1.165, 1.54) is 11.0 Å². The molecule has 0 bridgehead atoms. The predicted molar refractivity (Wildman–Crippen MR) is 101 cm³/mol. The molecular formula is C18H16Cl3FN2O2. The lowest BCUT2D eigenvalue weighted by Gasteiger charge is -2.21. The highest BCUT2D eigenvalue weighted by Crippen LogP contribution is 2.25. The first-order valence-electron chi connectivity index (χ1n) is 7.76. The fraction of sp³-hybridized carbons (Fsp3) is 0.222. The summed E-state index contributed by atoms with van der Waals surface area (Å²) in [7, 11) is 0. The van der Waals surface area contributed by atoms with Gasteiger partial charge in [0.05, 0.1) is 22.2 Å². The van der Waals surface area contributed by atoms with Gasteiger partial charge >= 0.3 is 0 Å². The number of likely N-dealkylation sites (N-methyl/N-ethyl adjacent to an activating group) is 1. The minimum atomic E-state index is -0.748. The number of hydrogen-bond donors (Lipinski definition) is 1. The van der Waals surface area contributed by atoms with Crippen molar-refractivity contribution in [2.45, 2.75) is 13.5 Å². The van der Waals surface area contributed by atoms with E-state index in [4.69, 9.17) is 34.8 Å². The summed E-state index contributed by atoms with van der Waals surface area (Å²) in [5.74, 6) is -1.64. The van der Waals surface area contributed by atoms with Gasteiger partial charge in [-0.05, 0) is 36.8 Å². The molecule has 0 aliphatic rings. The van der Waals surface area contributed by atoms with E-state index in [0.29, 0.717) is 11.6 Å². The van der Waals surface area contributed by atoms with E-state index in [2.05, 4.69) is 5.32 Å². The molecule has 1 N–H and O–H groups in total. The van der Waals surface area contributed by atoms with Crippen LogP contribution in [-0.2, 0) is 11.3 Å². The molecule has 2 rings (SSSR count). The molecule has 0 spiro atoms. The van der Waals surface area contributed by atoms with Crippen molar-refractivity contribution in [3.8, 4) is 0 Å². The van der Waals surface area contributed by atoms with Gasteiger partial charge in [0, 0.05) is 18.1 Å². The number of nitrogens with one attached hydrogen (secondary N) is 1. The van der Waals surface area contributed by atoms with Crippen molar-refractivity contribution < 1.29 is 14.0 Å². The Labute approximate surface area is 165 Å². The summed E-state index contributed by atoms with van der Waals surface area (Å²) in [6.07, 6.45) is 0. The molecule has 138 valence electrons. The van der Waals surface area contributed by atoms with E-state index in [0.717, 1.165) is 11.6 Å². The minimum absolute atomic E-state index is 0.0291. The molecule has 0 heterocycles. The third kappa shape index (κ3) is 5.34. The molecule has 2 aromatic rings. The van der Waals surface area contributed by atoms with Gasteiger partial charge in [-0.15, -0.1) is 0 Å². The van der Waals surface area contributed by atoms with Gasteiger partial charge < -0.3 is 10.2 Å². The SMILES string of the molecule is CCN(CC(=O)NCc1ccc(Cl)cc1)C(=O)c1cc(F)c(Cl)cc1Cl. The third-order valence-corrected chi connectivity index (χ3v) is 4.50. The second-order valence-corrected chi connectivity index (χ2v) is 6.72. The smallest absolute Gasteiger partial charge is 0.255 e. The molecule has 0 aromatic heterocycles. The lowest BCUT2D eigenvalue weighted by atomic mass is 10.2. The van der Waals surface area contributed by atoms with Crippen LogP contribution in [0.1, 0.15) is 22.8 Å². The molecular weight excluding hydrogens is 402 g/mol. The van der Waals surface area contributed by atoms with E-state index in [1.54, 1.807) is 31.2 Å². The van der Waals surface area contributed by atoms with E-state index in [-0.39, 0.29) is 34.6 Å². The lowest BCUT2D eigenvalue weighted by Crippen LogP contribution is -2.40. The van der Waals surface area contributed by atoms with Crippen LogP contribution in [0, 0.1) is 5.82 Å². The number of carbonyl (C=O) groups excluding carboxylic acids is 2. The quantitative estimate of drug-likeness (QED) is 0.700. The predicted octanol–water partition coefficient (Wildman–Crippen LogP) is 4.56. The van der Waals surface area contributed by atoms with Gasteiger partial charge in [-0.25, -0.2) is 4.39 Å². The van der Waals surface area contributed by atoms with Gasteiger partial charge in [-0.3, -0.25) is 9.59 Å². The highest BCUT2D eigenvalue weighted by atomic mass is 35.5. The van der Waals surface area contributed by atoms with Crippen molar-refractivity contribution in [2.75, 3.05) is 13.1 Å². The summed E-state index contributed by atoms with van der Waals surface area (Å²) < 4.78 is 13.6. The molecule has 8 heteroatoms. The Bertz CT molecular complexity index is 813. The Morgan fingerprint density at radius 1 is 1.08 bits per heavy atom. The zero-order valence-electron chi connectivity index (χ0n) is 13.9. The molecule has 0 aliphatic heterocycles. The second-order valence-electron chi connectivity index (χ2n) is 5.47. The van der Waals surface area contributed by atoms with Crippen molar-refractivity contribution in [2.24, 2.45) is 0 Å². The Balaban J connectivity index is 2.01. The van der Waals surface area contributed by atoms with Crippen LogP contribution in [0.5, 0.6) is 0 Å². The zero-order valence-corrected chi connectivity index (χ0v) is 16.1. The van der Waals surface area contributed by atoms with Crippen molar-refractivity contribution in [1.29, 1.82) is 0 Å². The molecule has 0 fully saturated rings. The monoisotopic (exact) mass is 416 g/mol. The molecule has 0 radical (unpaired) electrons. The topological polar surface area (TPSA) is 49.4 Å². The first-order valence-corrected chi connectivity index (χ1v) is 8.90. The molecule has 26 heavy (non-hydrogen) atoms. The standard InChI is InChI=1S/C18H16Cl3FN2O2/c1-2-24(18(26)13-7-16(22)15(21)8-14(13)20)10-17(25)23-9-11-3-5-12(19)6-4-11/h3-8H,2,9-10H2,1H3,(H,23,25). The van der Waals surface area contributed by atoms with E-state index >= 15 is 0 Å². The summed E-state index contributed by atoms with van der Waals surface area (Å²) in [5, 5.41) is 3.19. The van der Waals surface area contributed by atoms with Crippen LogP contribution in [0.2, 0.25) is 15.1 Å². The van der Waals surface area contributed by atoms with Crippen LogP contribution in [0.25, 0.3) is 0 Å². The van der Waals surface area contributed by atoms with Gasteiger partial charge in [0.15, 0.2) is 0 Å². The molecule has 0 saturated carbocycles. The number of benzene rings is 2. The van der Waals surface area contributed by atoms with Gasteiger partial charge in [-0.2, -0.15) is 0 Å². The van der Waals surface area contributed by atoms with Gasteiger partial charge in [-0.1, -0.05) is 46.9 Å². The van der Waals surface area contributed by atoms with Crippen LogP contribution in [0.4, 0.5) is 4.39 Å². The van der Waals surface area contributed by atoms with Gasteiger partial charge in [0.25, 0.3) is 5.91 Å². The number of halogens is 4. The summed E-state index contributed by atoms with van der Waals surface area (Å²) >= 11 is 17.4. The van der Waals surface area contributed by atoms with Crippen molar-refractivity contribution >= 4 is 46.6 Å². The number of nitrogens with zero attached hydrogens (tertiary/aromatic N) is 1. The fourth-order valence-electron chi connectivity index (χ4n) is 2.22. The second kappa shape index (κ2) is 9.21. The van der Waals surface area contributed by atoms with E-state index in [1.807, 2.05) is 0 Å². The first-order chi connectivity index (χ1) is 12.3. The normalized spacial score (nSPS) is 10.5. The molecule has 0 unspecified atom stereocenters. The molecule has 2 aromatic carbocycles. The maximum atomic E-state index is 13.6. The molecule has 0 atom stereocenters. The molecule has 0 aliphatic carbocycles. The van der Waals surface area contributed by atoms with Gasteiger partial charge in [0.1, 0.15) is 5.82 Å². The average Bonchev–Trinajstić information content (AvgIpc) is 2.61. The Kier molecular flexibility index (Phi) is 7.26. The van der Waals surface area contributed by atoms with E-state index in [9.17, 15) is 14.0 Å². The van der Waals surface area contributed by atoms with Gasteiger partial charge in [0.2, 0.25) is 5.91 Å². The summed E-state index contributed by atoms with van der Waals surface area (Å²) in [5.41, 5.74) is 0.834. The summed E-state index contributed by atoms with van der Waals surface area (Å²) in [6.45, 7) is 2.10. The van der Waals surface area contributed by atoms with E-state index < -0.39 is 11.7 Å². The van der Waals surface area contributed by atoms with Crippen LogP contribution in [0.15, 0.2) is 36.4 Å². The van der Waals surface area contributed by atoms with Crippen LogP contribution >= 0.6 is 34.8 Å². The minimum Gasteiger partial charge on any atom is -0.350 e. The number of hydrogen-bond acceptors (Lipinski definition) is 2. The Morgan fingerprint density at radius 2 is 1.73 bits per heavy atom. The number of carbonyl (C=O) groups is 2. The van der Waals surface area contributed by atoms with Crippen molar-refractivity contribution in [1.82, 2.24) is 10.2 Å². The summed E-state index contributed by atoms with van der Waals surface area (Å²) in [6, 6.07) is 9.18. The highest BCUT2D eigenvalue weighted by Gasteiger charge is 2.21. The Morgan fingerprint density at radius 3 is 2.35 bits per heavy atom. The van der Waals surface area contributed by atoms with Crippen LogP contribution in [0.3, 0.4) is 0 Å². The molecule has 0 saturated heterocycles. The van der Waals surface area contributed by atoms with Crippen LogP contribution in [-0.4, -0.2) is 29.8 Å². The third-order valence-electron chi connectivity index (χ3n) is 3.65. The molecule has 2 amide bonds. The maximum absolute atomic E-state index is 13.6. The fourth-order valence-corrected chi connectivity index (χ4v) is 2.81. The number of rotatable bonds is 6. The molecule has 4 nitrogen and oxygen atoms in total. The zero-order chi connectivity index (χ0) is 19.3. The maximum Gasteiger partial charge on any atom is 0.255 e. The van der Waals surface area contributed by atoms with Crippen molar-refractivity contribution in [3.63, 3.8) is 0 Å². The number of amides is 2. The average molecular weight is 418 g/mol. The lowest BCUT2D eigenvalue weighted by molar-refractivity contribution is -0.121. The Hall–Kier alpha value is -1.82. The summed E-state index contributed by atoms with van der Waals surface area (Å²) in [4.78, 5) is 25.9. The highest BCUT2D eigenvalue weighted by molar-refractivity contribution is 6.36. The first kappa shape index (κ1) is 20.5. The van der Waals surface area contributed by atoms with Crippen LogP contribution < -0.4 is 5.32 Å².